The summed E-state index contributed by atoms with van der Waals surface area (Å²) in [5, 5.41) is 2.90. The van der Waals surface area contributed by atoms with E-state index in [0.717, 1.165) is 24.0 Å². The molecule has 1 aliphatic heterocycles. The van der Waals surface area contributed by atoms with Gasteiger partial charge in [0.1, 0.15) is 0 Å². The lowest BCUT2D eigenvalue weighted by Gasteiger charge is -2.27. The third-order valence-corrected chi connectivity index (χ3v) is 7.45. The van der Waals surface area contributed by atoms with E-state index in [4.69, 9.17) is 4.74 Å². The van der Waals surface area contributed by atoms with Crippen molar-refractivity contribution < 1.29 is 22.7 Å². The second-order valence-electron chi connectivity index (χ2n) is 8.47. The maximum Gasteiger partial charge on any atom is 0.254 e. The molecule has 1 heterocycles. The molecule has 0 bridgehead atoms. The van der Waals surface area contributed by atoms with Crippen molar-refractivity contribution in [2.45, 2.75) is 43.5 Å². The molecule has 2 aromatic rings. The minimum atomic E-state index is -3.48. The van der Waals surface area contributed by atoms with Crippen LogP contribution >= 0.6 is 0 Å². The van der Waals surface area contributed by atoms with Crippen molar-refractivity contribution in [1.82, 2.24) is 9.62 Å². The first-order chi connectivity index (χ1) is 15.8. The van der Waals surface area contributed by atoms with Crippen molar-refractivity contribution in [2.24, 2.45) is 0 Å². The van der Waals surface area contributed by atoms with Crippen LogP contribution in [0.25, 0.3) is 0 Å². The van der Waals surface area contributed by atoms with Gasteiger partial charge in [0.25, 0.3) is 5.91 Å². The molecule has 0 atom stereocenters. The van der Waals surface area contributed by atoms with Crippen LogP contribution < -0.4 is 10.0 Å². The highest BCUT2D eigenvalue weighted by Crippen LogP contribution is 2.23. The standard InChI is InChI=1S/C24H29N3O5S/c1-17-21(24(29)27-13-15-32-16-14-27)3-2-4-22(17)25-23(28)12-7-18-5-10-20(11-6-18)33(30,31)26-19-8-9-19/h2-6,10-11,19,26H,7-9,12-16H2,1H3,(H,25,28). The van der Waals surface area contributed by atoms with Crippen LogP contribution in [0.15, 0.2) is 47.4 Å². The van der Waals surface area contributed by atoms with E-state index in [-0.39, 0.29) is 29.2 Å². The second-order valence-corrected chi connectivity index (χ2v) is 10.2. The molecule has 0 unspecified atom stereocenters. The molecule has 0 radical (unpaired) electrons. The summed E-state index contributed by atoms with van der Waals surface area (Å²) in [6.07, 6.45) is 2.49. The topological polar surface area (TPSA) is 105 Å². The predicted molar refractivity (Wildman–Crippen MR) is 125 cm³/mol. The van der Waals surface area contributed by atoms with E-state index in [1.807, 2.05) is 6.92 Å². The molecule has 4 rings (SSSR count). The van der Waals surface area contributed by atoms with Crippen LogP contribution in [0.2, 0.25) is 0 Å². The fourth-order valence-electron chi connectivity index (χ4n) is 3.73. The maximum absolute atomic E-state index is 12.8. The Morgan fingerprint density at radius 1 is 1.06 bits per heavy atom. The van der Waals surface area contributed by atoms with Gasteiger partial charge in [-0.1, -0.05) is 18.2 Å². The van der Waals surface area contributed by atoms with Crippen LogP contribution in [-0.2, 0) is 26.0 Å². The number of carbonyl (C=O) groups is 2. The summed E-state index contributed by atoms with van der Waals surface area (Å²) < 4.78 is 32.5. The van der Waals surface area contributed by atoms with Crippen LogP contribution in [-0.4, -0.2) is 57.5 Å². The molecule has 8 nitrogen and oxygen atoms in total. The Morgan fingerprint density at radius 3 is 2.42 bits per heavy atom. The number of benzene rings is 2. The van der Waals surface area contributed by atoms with E-state index in [9.17, 15) is 18.0 Å². The highest BCUT2D eigenvalue weighted by atomic mass is 32.2. The zero-order valence-corrected chi connectivity index (χ0v) is 19.5. The molecular formula is C24H29N3O5S. The van der Waals surface area contributed by atoms with Gasteiger partial charge in [-0.2, -0.15) is 0 Å². The van der Waals surface area contributed by atoms with Gasteiger partial charge in [0, 0.05) is 36.8 Å². The average molecular weight is 472 g/mol. The monoisotopic (exact) mass is 471 g/mol. The Hall–Kier alpha value is -2.75. The van der Waals surface area contributed by atoms with E-state index in [1.165, 1.54) is 0 Å². The zero-order chi connectivity index (χ0) is 23.4. The van der Waals surface area contributed by atoms with E-state index in [2.05, 4.69) is 10.0 Å². The molecule has 1 aliphatic carbocycles. The zero-order valence-electron chi connectivity index (χ0n) is 18.7. The van der Waals surface area contributed by atoms with Crippen LogP contribution in [0.3, 0.4) is 0 Å². The SMILES string of the molecule is Cc1c(NC(=O)CCc2ccc(S(=O)(=O)NC3CC3)cc2)cccc1C(=O)N1CCOCC1. The molecule has 2 N–H and O–H groups in total. The van der Waals surface area contributed by atoms with Crippen molar-refractivity contribution in [1.29, 1.82) is 0 Å². The summed E-state index contributed by atoms with van der Waals surface area (Å²) in [5.74, 6) is -0.223. The highest BCUT2D eigenvalue weighted by Gasteiger charge is 2.28. The molecule has 33 heavy (non-hydrogen) atoms. The molecule has 1 saturated heterocycles. The van der Waals surface area contributed by atoms with Crippen LogP contribution in [0, 0.1) is 6.92 Å². The molecule has 9 heteroatoms. The van der Waals surface area contributed by atoms with Gasteiger partial charge in [0.15, 0.2) is 0 Å². The third-order valence-electron chi connectivity index (χ3n) is 5.91. The van der Waals surface area contributed by atoms with E-state index < -0.39 is 10.0 Å². The third kappa shape index (κ3) is 5.98. The summed E-state index contributed by atoms with van der Waals surface area (Å²) in [6, 6.07) is 12.0. The minimum absolute atomic E-state index is 0.0573. The first-order valence-corrected chi connectivity index (χ1v) is 12.7. The minimum Gasteiger partial charge on any atom is -0.378 e. The van der Waals surface area contributed by atoms with Crippen LogP contribution in [0.1, 0.15) is 40.7 Å². The van der Waals surface area contributed by atoms with E-state index in [1.54, 1.807) is 47.4 Å². The van der Waals surface area contributed by atoms with E-state index >= 15 is 0 Å². The smallest absolute Gasteiger partial charge is 0.254 e. The summed E-state index contributed by atoms with van der Waals surface area (Å²) in [5.41, 5.74) is 2.81. The number of sulfonamides is 1. The average Bonchev–Trinajstić information content (AvgIpc) is 3.63. The molecule has 2 aliphatic rings. The number of nitrogens with one attached hydrogen (secondary N) is 2. The lowest BCUT2D eigenvalue weighted by atomic mass is 10.0. The van der Waals surface area contributed by atoms with Gasteiger partial charge in [-0.3, -0.25) is 9.59 Å². The fraction of sp³-hybridized carbons (Fsp3) is 0.417. The number of aryl methyl sites for hydroxylation is 1. The van der Waals surface area contributed by atoms with Crippen molar-refractivity contribution in [3.63, 3.8) is 0 Å². The number of morpholine rings is 1. The van der Waals surface area contributed by atoms with Crippen molar-refractivity contribution in [3.8, 4) is 0 Å². The number of hydrogen-bond donors (Lipinski definition) is 2. The van der Waals surface area contributed by atoms with E-state index in [0.29, 0.717) is 44.0 Å². The summed E-state index contributed by atoms with van der Waals surface area (Å²) in [6.45, 7) is 4.02. The summed E-state index contributed by atoms with van der Waals surface area (Å²) in [7, 11) is -3.48. The van der Waals surface area contributed by atoms with Gasteiger partial charge in [-0.05, 0) is 61.6 Å². The Morgan fingerprint density at radius 2 is 1.76 bits per heavy atom. The number of carbonyl (C=O) groups excluding carboxylic acids is 2. The Balaban J connectivity index is 1.34. The molecule has 0 aromatic heterocycles. The number of anilines is 1. The van der Waals surface area contributed by atoms with Gasteiger partial charge < -0.3 is 15.0 Å². The predicted octanol–water partition coefficient (Wildman–Crippen LogP) is 2.48. The second kappa shape index (κ2) is 10.0. The number of amides is 2. The summed E-state index contributed by atoms with van der Waals surface area (Å²) in [4.78, 5) is 27.4. The lowest BCUT2D eigenvalue weighted by Crippen LogP contribution is -2.41. The number of hydrogen-bond acceptors (Lipinski definition) is 5. The van der Waals surface area contributed by atoms with Crippen molar-refractivity contribution >= 4 is 27.5 Å². The highest BCUT2D eigenvalue weighted by molar-refractivity contribution is 7.89. The van der Waals surface area contributed by atoms with Gasteiger partial charge >= 0.3 is 0 Å². The quantitative estimate of drug-likeness (QED) is 0.616. The first kappa shape index (κ1) is 23.4. The molecular weight excluding hydrogens is 442 g/mol. The number of nitrogens with zero attached hydrogens (tertiary/aromatic N) is 1. The van der Waals surface area contributed by atoms with Crippen LogP contribution in [0.4, 0.5) is 5.69 Å². The van der Waals surface area contributed by atoms with Crippen molar-refractivity contribution in [2.75, 3.05) is 31.6 Å². The Labute approximate surface area is 194 Å². The largest absolute Gasteiger partial charge is 0.378 e. The molecule has 2 amide bonds. The van der Waals surface area contributed by atoms with Gasteiger partial charge in [-0.25, -0.2) is 13.1 Å². The normalized spacial score (nSPS) is 16.5. The lowest BCUT2D eigenvalue weighted by molar-refractivity contribution is -0.116. The molecule has 176 valence electrons. The summed E-state index contributed by atoms with van der Waals surface area (Å²) >= 11 is 0. The Kier molecular flexibility index (Phi) is 7.11. The molecule has 2 fully saturated rings. The molecule has 2 aromatic carbocycles. The first-order valence-electron chi connectivity index (χ1n) is 11.2. The number of rotatable bonds is 8. The fourth-order valence-corrected chi connectivity index (χ4v) is 5.04. The van der Waals surface area contributed by atoms with Crippen molar-refractivity contribution in [3.05, 3.63) is 59.2 Å². The van der Waals surface area contributed by atoms with Gasteiger partial charge in [0.2, 0.25) is 15.9 Å². The number of ether oxygens (including phenoxy) is 1. The van der Waals surface area contributed by atoms with Crippen LogP contribution in [0.5, 0.6) is 0 Å². The van der Waals surface area contributed by atoms with Gasteiger partial charge in [0.05, 0.1) is 18.1 Å². The van der Waals surface area contributed by atoms with Gasteiger partial charge in [-0.15, -0.1) is 0 Å². The Bertz CT molecular complexity index is 1120. The molecule has 1 saturated carbocycles. The molecule has 0 spiro atoms. The maximum atomic E-state index is 12.8.